The lowest BCUT2D eigenvalue weighted by atomic mass is 10.1. The molecule has 1 aromatic rings. The minimum Gasteiger partial charge on any atom is -0.744 e. The smallest absolute Gasteiger partial charge is 0.125 e. The third-order valence-corrected chi connectivity index (χ3v) is 9.38. The Balaban J connectivity index is 0.000000433. The van der Waals surface area contributed by atoms with Crippen LogP contribution < -0.4 is 0 Å². The zero-order chi connectivity index (χ0) is 16.7. The van der Waals surface area contributed by atoms with E-state index in [4.69, 9.17) is 0 Å². The van der Waals surface area contributed by atoms with Crippen molar-refractivity contribution < 1.29 is 13.0 Å². The highest BCUT2D eigenvalue weighted by Crippen LogP contribution is 2.53. The van der Waals surface area contributed by atoms with Crippen LogP contribution in [0.1, 0.15) is 33.3 Å². The molecule has 1 aromatic carbocycles. The van der Waals surface area contributed by atoms with Gasteiger partial charge in [0.05, 0.1) is 23.4 Å². The fourth-order valence-electron chi connectivity index (χ4n) is 1.71. The van der Waals surface area contributed by atoms with Crippen molar-refractivity contribution in [2.24, 2.45) is 0 Å². The first-order chi connectivity index (χ1) is 9.61. The van der Waals surface area contributed by atoms with Crippen molar-refractivity contribution in [1.82, 2.24) is 0 Å². The second-order valence-corrected chi connectivity index (χ2v) is 11.8. The van der Waals surface area contributed by atoms with Crippen LogP contribution in [0.25, 0.3) is 5.57 Å². The lowest BCUT2D eigenvalue weighted by Gasteiger charge is -2.16. The quantitative estimate of drug-likeness (QED) is 0.597. The van der Waals surface area contributed by atoms with E-state index in [0.29, 0.717) is 11.1 Å². The third kappa shape index (κ3) is 6.73. The number of hydrogen-bond acceptors (Lipinski definition) is 3. The predicted octanol–water partition coefficient (Wildman–Crippen LogP) is 4.32. The highest BCUT2D eigenvalue weighted by Gasteiger charge is 2.22. The van der Waals surface area contributed by atoms with Gasteiger partial charge >= 0.3 is 0 Å². The fraction of sp³-hybridized carbons (Fsp3) is 0.500. The van der Waals surface area contributed by atoms with Crippen LogP contribution in [-0.4, -0.2) is 38.1 Å². The van der Waals surface area contributed by atoms with Gasteiger partial charge in [-0.2, -0.15) is 0 Å². The Kier molecular flexibility index (Phi) is 8.38. The molecule has 21 heavy (non-hydrogen) atoms. The van der Waals surface area contributed by atoms with Gasteiger partial charge in [0.2, 0.25) is 0 Å². The minimum absolute atomic E-state index is 0.206. The molecule has 1 rings (SSSR count). The molecule has 3 nitrogen and oxygen atoms in total. The zero-order valence-electron chi connectivity index (χ0n) is 13.7. The van der Waals surface area contributed by atoms with Crippen molar-refractivity contribution in [3.63, 3.8) is 0 Å². The van der Waals surface area contributed by atoms with E-state index in [1.165, 1.54) is 30.6 Å². The summed E-state index contributed by atoms with van der Waals surface area (Å²) in [6, 6.07) is 6.02. The monoisotopic (exact) mass is 330 g/mol. The van der Waals surface area contributed by atoms with E-state index in [0.717, 1.165) is 0 Å². The topological polar surface area (TPSA) is 57.2 Å². The normalized spacial score (nSPS) is 11.5. The lowest BCUT2D eigenvalue weighted by Crippen LogP contribution is -2.01. The van der Waals surface area contributed by atoms with E-state index in [1.807, 2.05) is 0 Å². The summed E-state index contributed by atoms with van der Waals surface area (Å²) in [6.07, 6.45) is 4.29. The average molecular weight is 330 g/mol. The van der Waals surface area contributed by atoms with E-state index in [-0.39, 0.29) is 4.90 Å². The predicted molar refractivity (Wildman–Crippen MR) is 93.6 cm³/mol. The molecule has 0 heterocycles. The second-order valence-electron chi connectivity index (χ2n) is 5.30. The molecule has 0 saturated heterocycles. The molecule has 0 aliphatic rings. The van der Waals surface area contributed by atoms with Gasteiger partial charge in [0, 0.05) is 13.9 Å². The van der Waals surface area contributed by atoms with Gasteiger partial charge in [-0.25, -0.2) is 8.42 Å². The first-order valence-electron chi connectivity index (χ1n) is 7.15. The molecule has 0 spiro atoms. The Morgan fingerprint density at radius 2 is 1.57 bits per heavy atom. The minimum atomic E-state index is -4.39. The van der Waals surface area contributed by atoms with E-state index in [1.54, 1.807) is 19.1 Å². The molecule has 0 aliphatic carbocycles. The van der Waals surface area contributed by atoms with Crippen LogP contribution in [0.5, 0.6) is 0 Å². The summed E-state index contributed by atoms with van der Waals surface area (Å²) in [7, 11) is -4.80. The summed E-state index contributed by atoms with van der Waals surface area (Å²) in [5.74, 6) is 0. The highest BCUT2D eigenvalue weighted by atomic mass is 32.2. The molecule has 0 aliphatic heterocycles. The van der Waals surface area contributed by atoms with Gasteiger partial charge < -0.3 is 4.55 Å². The number of hydrogen-bond donors (Lipinski definition) is 0. The van der Waals surface area contributed by atoms with Crippen molar-refractivity contribution in [2.45, 2.75) is 32.6 Å². The Hall–Kier alpha value is -0.700. The number of rotatable bonds is 5. The molecule has 0 amide bonds. The van der Waals surface area contributed by atoms with Crippen LogP contribution >= 0.6 is 7.26 Å². The van der Waals surface area contributed by atoms with Crippen molar-refractivity contribution in [3.8, 4) is 0 Å². The van der Waals surface area contributed by atoms with Crippen molar-refractivity contribution in [2.75, 3.05) is 25.2 Å². The average Bonchev–Trinajstić information content (AvgIpc) is 2.46. The molecule has 0 fully saturated rings. The molecule has 0 saturated carbocycles. The summed E-state index contributed by atoms with van der Waals surface area (Å²) in [5, 5.41) is 0. The first-order valence-corrected chi connectivity index (χ1v) is 11.4. The Morgan fingerprint density at radius 3 is 1.81 bits per heavy atom. The van der Waals surface area contributed by atoms with E-state index < -0.39 is 17.4 Å². The van der Waals surface area contributed by atoms with Crippen LogP contribution in [0.2, 0.25) is 0 Å². The maximum atomic E-state index is 10.8. The van der Waals surface area contributed by atoms with Crippen molar-refractivity contribution in [1.29, 1.82) is 0 Å². The van der Waals surface area contributed by atoms with E-state index in [9.17, 15) is 13.0 Å². The second kappa shape index (κ2) is 8.67. The number of allylic oxidation sites excluding steroid dienone is 1. The Labute approximate surface area is 130 Å². The Bertz CT molecular complexity index is 552. The van der Waals surface area contributed by atoms with Gasteiger partial charge in [0.15, 0.2) is 0 Å². The molecular formula is C16H27O3PS. The van der Waals surface area contributed by atoms with Crippen LogP contribution in [0.3, 0.4) is 0 Å². The molecule has 0 aromatic heterocycles. The Morgan fingerprint density at radius 1 is 1.14 bits per heavy atom. The van der Waals surface area contributed by atoms with Crippen molar-refractivity contribution in [3.05, 3.63) is 36.4 Å². The van der Waals surface area contributed by atoms with Gasteiger partial charge in [0.25, 0.3) is 0 Å². The lowest BCUT2D eigenvalue weighted by molar-refractivity contribution is 0.463. The molecule has 0 radical (unpaired) electrons. The molecule has 0 bridgehead atoms. The first kappa shape index (κ1) is 20.3. The van der Waals surface area contributed by atoms with Crippen molar-refractivity contribution >= 4 is 23.0 Å². The molecule has 120 valence electrons. The van der Waals surface area contributed by atoms with Gasteiger partial charge in [-0.05, 0) is 44.9 Å². The van der Waals surface area contributed by atoms with Crippen LogP contribution in [0.15, 0.2) is 35.7 Å². The maximum Gasteiger partial charge on any atom is 0.125 e. The van der Waals surface area contributed by atoms with Gasteiger partial charge in [-0.3, -0.25) is 0 Å². The molecule has 5 heteroatoms. The van der Waals surface area contributed by atoms with Crippen LogP contribution in [0, 0.1) is 0 Å². The van der Waals surface area contributed by atoms with Crippen LogP contribution in [0.4, 0.5) is 0 Å². The van der Waals surface area contributed by atoms with Gasteiger partial charge in [0.1, 0.15) is 10.1 Å². The summed E-state index contributed by atoms with van der Waals surface area (Å²) < 4.78 is 32.3. The van der Waals surface area contributed by atoms with Crippen LogP contribution in [-0.2, 0) is 10.1 Å². The molecule has 0 N–H and O–H groups in total. The standard InChI is InChI=1S/C9H10O3S.C7H18P/c1-7(2)8-5-3-4-6-9(8)13(10,11)12;1-5-8(4,6-2)7-3/h3-6H,1H2,2H3,(H,10,11,12);5-7H2,1-4H3/q;+1/p-1. The van der Waals surface area contributed by atoms with E-state index >= 15 is 0 Å². The van der Waals surface area contributed by atoms with Gasteiger partial charge in [-0.15, -0.1) is 0 Å². The summed E-state index contributed by atoms with van der Waals surface area (Å²) in [4.78, 5) is -0.206. The third-order valence-electron chi connectivity index (χ3n) is 3.91. The summed E-state index contributed by atoms with van der Waals surface area (Å²) >= 11 is 0. The largest absolute Gasteiger partial charge is 0.744 e. The zero-order valence-corrected chi connectivity index (χ0v) is 15.4. The highest BCUT2D eigenvalue weighted by molar-refractivity contribution is 7.85. The van der Waals surface area contributed by atoms with Gasteiger partial charge in [-0.1, -0.05) is 24.8 Å². The summed E-state index contributed by atoms with van der Waals surface area (Å²) in [6.45, 7) is 14.7. The molecule has 0 atom stereocenters. The van der Waals surface area contributed by atoms with E-state index in [2.05, 4.69) is 34.0 Å². The fourth-order valence-corrected chi connectivity index (χ4v) is 3.81. The number of benzene rings is 1. The molecule has 0 unspecified atom stereocenters. The summed E-state index contributed by atoms with van der Waals surface area (Å²) in [5.41, 5.74) is 0.951. The SMILES string of the molecule is C=C(C)c1ccccc1S(=O)(=O)[O-].CC[P+](C)(CC)CC. The maximum absolute atomic E-state index is 10.8. The molecular weight excluding hydrogens is 303 g/mol.